The number of nitrogens with zero attached hydrogens (tertiary/aromatic N) is 2. The van der Waals surface area contributed by atoms with E-state index in [9.17, 15) is 9.59 Å². The van der Waals surface area contributed by atoms with Crippen LogP contribution in [0.5, 0.6) is 0 Å². The van der Waals surface area contributed by atoms with Gasteiger partial charge in [-0.2, -0.15) is 5.10 Å². The standard InChI is InChI=1S/C21H19ClN4O2/c1-13-3-2-4-17(9-13)24-19(27)10-15-12-26-20(25-21(15)28)18(11-23-26)14-5-7-16(22)8-6-14/h2-9,11,15H,10,12H2,1H3,(H,24,27)(H,25,28). The molecule has 2 aromatic carbocycles. The monoisotopic (exact) mass is 394 g/mol. The van der Waals surface area contributed by atoms with Crippen LogP contribution in [0.25, 0.3) is 11.1 Å². The summed E-state index contributed by atoms with van der Waals surface area (Å²) in [5, 5.41) is 10.8. The molecule has 0 radical (unpaired) electrons. The molecule has 2 amide bonds. The summed E-state index contributed by atoms with van der Waals surface area (Å²) in [4.78, 5) is 25.0. The van der Waals surface area contributed by atoms with Crippen molar-refractivity contribution in [3.63, 3.8) is 0 Å². The number of anilines is 2. The summed E-state index contributed by atoms with van der Waals surface area (Å²) in [5.41, 5.74) is 3.53. The Morgan fingerprint density at radius 1 is 1.29 bits per heavy atom. The summed E-state index contributed by atoms with van der Waals surface area (Å²) in [6.07, 6.45) is 1.81. The number of hydrogen-bond donors (Lipinski definition) is 2. The summed E-state index contributed by atoms with van der Waals surface area (Å²) < 4.78 is 1.73. The number of halogens is 1. The van der Waals surface area contributed by atoms with Crippen LogP contribution in [-0.2, 0) is 16.1 Å². The van der Waals surface area contributed by atoms with E-state index >= 15 is 0 Å². The first kappa shape index (κ1) is 18.3. The molecule has 7 heteroatoms. The van der Waals surface area contributed by atoms with E-state index in [1.54, 1.807) is 23.0 Å². The molecule has 6 nitrogen and oxygen atoms in total. The van der Waals surface area contributed by atoms with Crippen LogP contribution in [0.4, 0.5) is 11.5 Å². The van der Waals surface area contributed by atoms with Crippen molar-refractivity contribution in [1.82, 2.24) is 9.78 Å². The number of benzene rings is 2. The number of hydrogen-bond acceptors (Lipinski definition) is 3. The minimum absolute atomic E-state index is 0.0926. The third-order valence-electron chi connectivity index (χ3n) is 4.73. The zero-order valence-electron chi connectivity index (χ0n) is 15.3. The summed E-state index contributed by atoms with van der Waals surface area (Å²) in [6, 6.07) is 14.9. The van der Waals surface area contributed by atoms with Crippen molar-refractivity contribution in [1.29, 1.82) is 0 Å². The molecule has 1 aromatic heterocycles. The van der Waals surface area contributed by atoms with Gasteiger partial charge in [0.05, 0.1) is 18.7 Å². The lowest BCUT2D eigenvalue weighted by atomic mass is 10.0. The van der Waals surface area contributed by atoms with Crippen LogP contribution in [-0.4, -0.2) is 21.6 Å². The minimum Gasteiger partial charge on any atom is -0.326 e. The maximum absolute atomic E-state index is 12.6. The van der Waals surface area contributed by atoms with Gasteiger partial charge in [0, 0.05) is 22.7 Å². The second-order valence-corrected chi connectivity index (χ2v) is 7.34. The quantitative estimate of drug-likeness (QED) is 0.699. The molecule has 142 valence electrons. The van der Waals surface area contributed by atoms with Gasteiger partial charge in [0.1, 0.15) is 5.82 Å². The predicted molar refractivity (Wildman–Crippen MR) is 109 cm³/mol. The molecule has 1 aliphatic heterocycles. The van der Waals surface area contributed by atoms with Crippen LogP contribution in [0.1, 0.15) is 12.0 Å². The zero-order valence-corrected chi connectivity index (χ0v) is 16.0. The number of carbonyl (C=O) groups excluding carboxylic acids is 2. The minimum atomic E-state index is -0.477. The number of fused-ring (bicyclic) bond motifs is 1. The molecule has 3 aromatic rings. The number of carbonyl (C=O) groups is 2. The van der Waals surface area contributed by atoms with Crippen LogP contribution < -0.4 is 10.6 Å². The second kappa shape index (κ2) is 7.48. The fraction of sp³-hybridized carbons (Fsp3) is 0.190. The first-order chi connectivity index (χ1) is 13.5. The van der Waals surface area contributed by atoms with Gasteiger partial charge in [-0.3, -0.25) is 9.59 Å². The maximum Gasteiger partial charge on any atom is 0.231 e. The highest BCUT2D eigenvalue weighted by molar-refractivity contribution is 6.30. The molecular formula is C21H19ClN4O2. The van der Waals surface area contributed by atoms with Gasteiger partial charge in [0.15, 0.2) is 0 Å². The Bertz CT molecular complexity index is 1040. The normalized spacial score (nSPS) is 15.6. The average Bonchev–Trinajstić information content (AvgIpc) is 3.05. The predicted octanol–water partition coefficient (Wildman–Crippen LogP) is 4.11. The van der Waals surface area contributed by atoms with E-state index in [2.05, 4.69) is 15.7 Å². The largest absolute Gasteiger partial charge is 0.326 e. The Morgan fingerprint density at radius 2 is 2.07 bits per heavy atom. The van der Waals surface area contributed by atoms with Crippen molar-refractivity contribution in [2.45, 2.75) is 19.9 Å². The highest BCUT2D eigenvalue weighted by Crippen LogP contribution is 2.32. The molecule has 1 atom stereocenters. The zero-order chi connectivity index (χ0) is 19.7. The van der Waals surface area contributed by atoms with E-state index in [0.29, 0.717) is 17.4 Å². The Kier molecular flexibility index (Phi) is 4.88. The van der Waals surface area contributed by atoms with Crippen LogP contribution in [0, 0.1) is 12.8 Å². The average molecular weight is 395 g/mol. The van der Waals surface area contributed by atoms with Gasteiger partial charge >= 0.3 is 0 Å². The lowest BCUT2D eigenvalue weighted by molar-refractivity contribution is -0.125. The first-order valence-corrected chi connectivity index (χ1v) is 9.36. The molecule has 0 saturated heterocycles. The van der Waals surface area contributed by atoms with E-state index in [1.807, 2.05) is 43.3 Å². The summed E-state index contributed by atoms with van der Waals surface area (Å²) in [5.74, 6) is -0.208. The van der Waals surface area contributed by atoms with E-state index in [4.69, 9.17) is 11.6 Å². The topological polar surface area (TPSA) is 76.0 Å². The Balaban J connectivity index is 1.47. The lowest BCUT2D eigenvalue weighted by Crippen LogP contribution is -2.36. The second-order valence-electron chi connectivity index (χ2n) is 6.90. The number of amides is 2. The fourth-order valence-corrected chi connectivity index (χ4v) is 3.45. The molecule has 0 spiro atoms. The highest BCUT2D eigenvalue weighted by atomic mass is 35.5. The van der Waals surface area contributed by atoms with Gasteiger partial charge in [-0.1, -0.05) is 35.9 Å². The van der Waals surface area contributed by atoms with Crippen LogP contribution in [0.15, 0.2) is 54.7 Å². The van der Waals surface area contributed by atoms with Crippen molar-refractivity contribution in [2.24, 2.45) is 5.92 Å². The maximum atomic E-state index is 12.6. The fourth-order valence-electron chi connectivity index (χ4n) is 3.32. The van der Waals surface area contributed by atoms with E-state index in [0.717, 1.165) is 22.4 Å². The number of nitrogens with one attached hydrogen (secondary N) is 2. The highest BCUT2D eigenvalue weighted by Gasteiger charge is 2.30. The third kappa shape index (κ3) is 3.77. The van der Waals surface area contributed by atoms with E-state index < -0.39 is 5.92 Å². The SMILES string of the molecule is Cc1cccc(NC(=O)CC2Cn3ncc(-c4ccc(Cl)cc4)c3NC2=O)c1. The molecule has 1 unspecified atom stereocenters. The molecule has 2 N–H and O–H groups in total. The molecular weight excluding hydrogens is 376 g/mol. The van der Waals surface area contributed by atoms with Crippen molar-refractivity contribution < 1.29 is 9.59 Å². The number of rotatable bonds is 4. The molecule has 1 aliphatic rings. The summed E-state index contributed by atoms with van der Waals surface area (Å²) in [7, 11) is 0. The van der Waals surface area contributed by atoms with Crippen molar-refractivity contribution in [2.75, 3.05) is 10.6 Å². The molecule has 2 heterocycles. The summed E-state index contributed by atoms with van der Waals surface area (Å²) >= 11 is 5.95. The van der Waals surface area contributed by atoms with Crippen LogP contribution in [0.2, 0.25) is 5.02 Å². The van der Waals surface area contributed by atoms with Crippen molar-refractivity contribution >= 4 is 34.9 Å². The van der Waals surface area contributed by atoms with Gasteiger partial charge in [-0.05, 0) is 42.3 Å². The van der Waals surface area contributed by atoms with Gasteiger partial charge < -0.3 is 10.6 Å². The Hall–Kier alpha value is -3.12. The molecule has 0 saturated carbocycles. The van der Waals surface area contributed by atoms with Crippen molar-refractivity contribution in [3.05, 3.63) is 65.3 Å². The Morgan fingerprint density at radius 3 is 2.82 bits per heavy atom. The van der Waals surface area contributed by atoms with E-state index in [1.165, 1.54) is 0 Å². The molecule has 0 fully saturated rings. The van der Waals surface area contributed by atoms with Crippen molar-refractivity contribution in [3.8, 4) is 11.1 Å². The molecule has 0 bridgehead atoms. The lowest BCUT2D eigenvalue weighted by Gasteiger charge is -2.24. The van der Waals surface area contributed by atoms with Crippen LogP contribution in [0.3, 0.4) is 0 Å². The summed E-state index contributed by atoms with van der Waals surface area (Å²) in [6.45, 7) is 2.32. The smallest absolute Gasteiger partial charge is 0.231 e. The molecule has 0 aliphatic carbocycles. The van der Waals surface area contributed by atoms with Gasteiger partial charge in [0.2, 0.25) is 11.8 Å². The van der Waals surface area contributed by atoms with Gasteiger partial charge in [0.25, 0.3) is 0 Å². The number of aryl methyl sites for hydroxylation is 1. The van der Waals surface area contributed by atoms with Gasteiger partial charge in [-0.25, -0.2) is 4.68 Å². The van der Waals surface area contributed by atoms with Gasteiger partial charge in [-0.15, -0.1) is 0 Å². The number of aromatic nitrogens is 2. The van der Waals surface area contributed by atoms with Crippen LogP contribution >= 0.6 is 11.6 Å². The third-order valence-corrected chi connectivity index (χ3v) is 4.99. The molecule has 28 heavy (non-hydrogen) atoms. The Labute approximate surface area is 167 Å². The van der Waals surface area contributed by atoms with E-state index in [-0.39, 0.29) is 18.2 Å². The molecule has 4 rings (SSSR count). The first-order valence-electron chi connectivity index (χ1n) is 8.99.